The number of aliphatic carboxylic acids is 1. The van der Waals surface area contributed by atoms with E-state index in [1.807, 2.05) is 0 Å². The molecule has 0 aromatic heterocycles. The van der Waals surface area contributed by atoms with Crippen LogP contribution in [0.15, 0.2) is 0 Å². The van der Waals surface area contributed by atoms with Crippen molar-refractivity contribution in [2.24, 2.45) is 5.41 Å². The third-order valence-corrected chi connectivity index (χ3v) is 3.40. The van der Waals surface area contributed by atoms with E-state index in [0.29, 0.717) is 17.7 Å². The molecule has 1 heterocycles. The van der Waals surface area contributed by atoms with Gasteiger partial charge in [-0.2, -0.15) is 13.2 Å². The second kappa shape index (κ2) is 4.11. The molecule has 1 aliphatic heterocycles. The van der Waals surface area contributed by atoms with Crippen LogP contribution in [-0.4, -0.2) is 53.9 Å². The van der Waals surface area contributed by atoms with E-state index in [2.05, 4.69) is 0 Å². The first-order valence-electron chi connectivity index (χ1n) is 5.44. The zero-order valence-electron chi connectivity index (χ0n) is 9.37. The topological polar surface area (TPSA) is 66.8 Å². The van der Waals surface area contributed by atoms with Crippen molar-refractivity contribution >= 4 is 11.9 Å². The van der Waals surface area contributed by atoms with Crippen LogP contribution in [0.2, 0.25) is 0 Å². The Morgan fingerprint density at radius 2 is 2.00 bits per heavy atom. The Balaban J connectivity index is 1.99. The summed E-state index contributed by atoms with van der Waals surface area (Å²) in [5.41, 5.74) is -0.462. The number of halogens is 3. The lowest BCUT2D eigenvalue weighted by atomic mass is 10.0. The molecule has 1 N–H and O–H groups in total. The number of carboxylic acid groups (broad SMARTS) is 1. The Morgan fingerprint density at radius 3 is 2.44 bits per heavy atom. The molecule has 1 amide bonds. The van der Waals surface area contributed by atoms with Gasteiger partial charge in [-0.05, 0) is 12.8 Å². The van der Waals surface area contributed by atoms with Crippen molar-refractivity contribution in [1.82, 2.24) is 4.90 Å². The average Bonchev–Trinajstić information content (AvgIpc) is 2.89. The van der Waals surface area contributed by atoms with Crippen LogP contribution in [0.5, 0.6) is 0 Å². The zero-order valence-corrected chi connectivity index (χ0v) is 9.37. The normalized spacial score (nSPS) is 25.5. The number of carbonyl (C=O) groups is 2. The molecular formula is C10H12F3NO4. The van der Waals surface area contributed by atoms with Crippen molar-refractivity contribution in [2.75, 3.05) is 19.7 Å². The number of rotatable bonds is 3. The molecule has 18 heavy (non-hydrogen) atoms. The molecule has 1 atom stereocenters. The minimum Gasteiger partial charge on any atom is -0.480 e. The van der Waals surface area contributed by atoms with E-state index in [0.717, 1.165) is 0 Å². The molecule has 0 aromatic carbocycles. The molecule has 1 spiro atoms. The first kappa shape index (κ1) is 13.1. The molecular weight excluding hydrogens is 255 g/mol. The molecule has 5 nitrogen and oxygen atoms in total. The van der Waals surface area contributed by atoms with Gasteiger partial charge in [0.15, 0.2) is 0 Å². The molecule has 1 unspecified atom stereocenters. The largest absolute Gasteiger partial charge is 0.480 e. The second-order valence-electron chi connectivity index (χ2n) is 4.74. The highest BCUT2D eigenvalue weighted by Crippen LogP contribution is 2.54. The maximum absolute atomic E-state index is 12.3. The van der Waals surface area contributed by atoms with Crippen molar-refractivity contribution in [3.05, 3.63) is 0 Å². The number of hydrogen-bond donors (Lipinski definition) is 1. The first-order valence-corrected chi connectivity index (χ1v) is 5.44. The van der Waals surface area contributed by atoms with Gasteiger partial charge in [0.1, 0.15) is 6.61 Å². The van der Waals surface area contributed by atoms with Crippen LogP contribution in [0.3, 0.4) is 0 Å². The van der Waals surface area contributed by atoms with Crippen molar-refractivity contribution in [3.63, 3.8) is 0 Å². The minimum atomic E-state index is -4.89. The van der Waals surface area contributed by atoms with Crippen molar-refractivity contribution < 1.29 is 32.6 Å². The highest BCUT2D eigenvalue weighted by molar-refractivity contribution is 5.82. The summed E-state index contributed by atoms with van der Waals surface area (Å²) in [6.07, 6.45) is -4.17. The molecule has 0 aromatic rings. The van der Waals surface area contributed by atoms with Crippen molar-refractivity contribution in [3.8, 4) is 0 Å². The number of amides is 1. The summed E-state index contributed by atoms with van der Waals surface area (Å²) in [6, 6.07) is 0. The lowest BCUT2D eigenvalue weighted by molar-refractivity contribution is -0.184. The molecule has 2 aliphatic rings. The predicted molar refractivity (Wildman–Crippen MR) is 51.7 cm³/mol. The quantitative estimate of drug-likeness (QED) is 0.815. The van der Waals surface area contributed by atoms with Gasteiger partial charge in [0, 0.05) is 18.5 Å². The standard InChI is InChI=1S/C10H12F3NO4/c11-10(12,13)8(17)14-3-6(18-4-7(15)16)9(5-14)1-2-9/h6H,1-5H2,(H,15,16). The van der Waals surface area contributed by atoms with Crippen LogP contribution in [0.1, 0.15) is 12.8 Å². The maximum Gasteiger partial charge on any atom is 0.471 e. The van der Waals surface area contributed by atoms with E-state index in [9.17, 15) is 22.8 Å². The van der Waals surface area contributed by atoms with Gasteiger partial charge < -0.3 is 14.7 Å². The molecule has 0 bridgehead atoms. The number of alkyl halides is 3. The fraction of sp³-hybridized carbons (Fsp3) is 0.800. The van der Waals surface area contributed by atoms with Gasteiger partial charge in [0.2, 0.25) is 0 Å². The van der Waals surface area contributed by atoms with Gasteiger partial charge >= 0.3 is 18.1 Å². The van der Waals surface area contributed by atoms with Gasteiger partial charge in [-0.3, -0.25) is 4.79 Å². The Hall–Kier alpha value is -1.31. The van der Waals surface area contributed by atoms with Crippen LogP contribution in [0.4, 0.5) is 13.2 Å². The summed E-state index contributed by atoms with van der Waals surface area (Å²) in [5.74, 6) is -3.05. The minimum absolute atomic E-state index is 0.00434. The fourth-order valence-electron chi connectivity index (χ4n) is 2.32. The molecule has 2 rings (SSSR count). The lowest BCUT2D eigenvalue weighted by Gasteiger charge is -2.17. The van der Waals surface area contributed by atoms with Crippen molar-refractivity contribution in [1.29, 1.82) is 0 Å². The van der Waals surface area contributed by atoms with E-state index in [-0.39, 0.29) is 13.1 Å². The van der Waals surface area contributed by atoms with Crippen LogP contribution in [0.25, 0.3) is 0 Å². The van der Waals surface area contributed by atoms with Crippen LogP contribution in [-0.2, 0) is 14.3 Å². The highest BCUT2D eigenvalue weighted by atomic mass is 19.4. The molecule has 0 radical (unpaired) electrons. The Morgan fingerprint density at radius 1 is 1.39 bits per heavy atom. The molecule has 2 fully saturated rings. The van der Waals surface area contributed by atoms with Crippen LogP contribution >= 0.6 is 0 Å². The summed E-state index contributed by atoms with van der Waals surface area (Å²) in [7, 11) is 0. The van der Waals surface area contributed by atoms with Gasteiger partial charge in [-0.1, -0.05) is 0 Å². The van der Waals surface area contributed by atoms with E-state index in [1.54, 1.807) is 0 Å². The van der Waals surface area contributed by atoms with Gasteiger partial charge in [-0.25, -0.2) is 4.79 Å². The molecule has 1 saturated carbocycles. The third-order valence-electron chi connectivity index (χ3n) is 3.40. The number of carbonyl (C=O) groups excluding carboxylic acids is 1. The second-order valence-corrected chi connectivity index (χ2v) is 4.74. The Labute approximate surface area is 100 Å². The van der Waals surface area contributed by atoms with Gasteiger partial charge in [0.25, 0.3) is 0 Å². The predicted octanol–water partition coefficient (Wildman–Crippen LogP) is 0.641. The van der Waals surface area contributed by atoms with Crippen molar-refractivity contribution in [2.45, 2.75) is 25.1 Å². The number of carboxylic acids is 1. The molecule has 1 aliphatic carbocycles. The molecule has 8 heteroatoms. The molecule has 102 valence electrons. The maximum atomic E-state index is 12.3. The molecule has 1 saturated heterocycles. The Kier molecular flexibility index (Phi) is 3.00. The van der Waals surface area contributed by atoms with E-state index in [1.165, 1.54) is 0 Å². The summed E-state index contributed by atoms with van der Waals surface area (Å²) in [5, 5.41) is 8.48. The summed E-state index contributed by atoms with van der Waals surface area (Å²) < 4.78 is 41.9. The SMILES string of the molecule is O=C(O)COC1CN(C(=O)C(F)(F)F)CC12CC2. The van der Waals surface area contributed by atoms with Gasteiger partial charge in [-0.15, -0.1) is 0 Å². The number of ether oxygens (including phenoxy) is 1. The highest BCUT2D eigenvalue weighted by Gasteiger charge is 2.59. The lowest BCUT2D eigenvalue weighted by Crippen LogP contribution is -2.40. The zero-order chi connectivity index (χ0) is 13.6. The summed E-state index contributed by atoms with van der Waals surface area (Å²) in [6.45, 7) is -0.748. The van der Waals surface area contributed by atoms with E-state index in [4.69, 9.17) is 9.84 Å². The monoisotopic (exact) mass is 267 g/mol. The average molecular weight is 267 g/mol. The fourth-order valence-corrected chi connectivity index (χ4v) is 2.32. The Bertz CT molecular complexity index is 378. The van der Waals surface area contributed by atoms with Crippen LogP contribution < -0.4 is 0 Å². The first-order chi connectivity index (χ1) is 8.24. The number of hydrogen-bond acceptors (Lipinski definition) is 3. The van der Waals surface area contributed by atoms with E-state index >= 15 is 0 Å². The number of likely N-dealkylation sites (tertiary alicyclic amines) is 1. The van der Waals surface area contributed by atoms with Crippen LogP contribution in [0, 0.1) is 5.41 Å². The van der Waals surface area contributed by atoms with E-state index < -0.39 is 36.2 Å². The summed E-state index contributed by atoms with van der Waals surface area (Å²) >= 11 is 0. The third kappa shape index (κ3) is 2.43. The smallest absolute Gasteiger partial charge is 0.471 e. The number of nitrogens with zero attached hydrogens (tertiary/aromatic N) is 1. The van der Waals surface area contributed by atoms with Gasteiger partial charge in [0.05, 0.1) is 6.10 Å². The summed E-state index contributed by atoms with van der Waals surface area (Å²) in [4.78, 5) is 22.2.